The maximum Gasteiger partial charge on any atom is 0.279 e. The third-order valence-corrected chi connectivity index (χ3v) is 4.80. The lowest BCUT2D eigenvalue weighted by molar-refractivity contribution is 0.102. The number of halogens is 2. The third kappa shape index (κ3) is 3.62. The van der Waals surface area contributed by atoms with Gasteiger partial charge in [-0.1, -0.05) is 29.8 Å². The van der Waals surface area contributed by atoms with Crippen molar-refractivity contribution < 1.29 is 13.9 Å². The molecule has 0 aliphatic rings. The van der Waals surface area contributed by atoms with Crippen molar-refractivity contribution in [1.29, 1.82) is 0 Å². The van der Waals surface area contributed by atoms with E-state index in [0.29, 0.717) is 27.9 Å². The Morgan fingerprint density at radius 3 is 2.43 bits per heavy atom. The van der Waals surface area contributed by atoms with E-state index in [-0.39, 0.29) is 16.3 Å². The monoisotopic (exact) mass is 423 g/mol. The second kappa shape index (κ2) is 7.96. The zero-order valence-electron chi connectivity index (χ0n) is 15.7. The van der Waals surface area contributed by atoms with E-state index < -0.39 is 11.7 Å². The number of methoxy groups -OCH3 is 1. The molecule has 1 N–H and O–H groups in total. The van der Waals surface area contributed by atoms with Gasteiger partial charge in [0.1, 0.15) is 11.6 Å². The van der Waals surface area contributed by atoms with Crippen molar-refractivity contribution >= 4 is 34.0 Å². The van der Waals surface area contributed by atoms with Crippen LogP contribution in [0.25, 0.3) is 16.5 Å². The molecule has 1 amide bonds. The molecule has 0 saturated carbocycles. The van der Waals surface area contributed by atoms with Gasteiger partial charge in [-0.25, -0.2) is 4.39 Å². The first-order chi connectivity index (χ1) is 14.5. The van der Waals surface area contributed by atoms with Crippen molar-refractivity contribution in [1.82, 2.24) is 9.78 Å². The highest BCUT2D eigenvalue weighted by Gasteiger charge is 2.18. The van der Waals surface area contributed by atoms with Gasteiger partial charge >= 0.3 is 0 Å². The SMILES string of the molecule is COc1ccc(-n2nc(C(=O)Nc3ccc(F)c(Cl)c3)c3ccccc3c2=O)cc1. The molecule has 3 aromatic carbocycles. The number of nitrogens with zero attached hydrogens (tertiary/aromatic N) is 2. The van der Waals surface area contributed by atoms with E-state index in [9.17, 15) is 14.0 Å². The minimum absolute atomic E-state index is 0.0430. The number of carbonyl (C=O) groups is 1. The fourth-order valence-electron chi connectivity index (χ4n) is 3.02. The van der Waals surface area contributed by atoms with Crippen LogP contribution in [-0.4, -0.2) is 22.8 Å². The molecule has 0 atom stereocenters. The number of ether oxygens (including phenoxy) is 1. The summed E-state index contributed by atoms with van der Waals surface area (Å²) in [6.07, 6.45) is 0. The Morgan fingerprint density at radius 1 is 1.07 bits per heavy atom. The van der Waals surface area contributed by atoms with Crippen LogP contribution in [0.4, 0.5) is 10.1 Å². The van der Waals surface area contributed by atoms with E-state index >= 15 is 0 Å². The quantitative estimate of drug-likeness (QED) is 0.526. The molecule has 1 aromatic heterocycles. The zero-order chi connectivity index (χ0) is 21.3. The fourth-order valence-corrected chi connectivity index (χ4v) is 3.20. The summed E-state index contributed by atoms with van der Waals surface area (Å²) in [7, 11) is 1.54. The molecular weight excluding hydrogens is 409 g/mol. The number of benzene rings is 3. The van der Waals surface area contributed by atoms with Gasteiger partial charge in [0, 0.05) is 11.1 Å². The summed E-state index contributed by atoms with van der Waals surface area (Å²) in [5, 5.41) is 7.58. The average molecular weight is 424 g/mol. The summed E-state index contributed by atoms with van der Waals surface area (Å²) in [6.45, 7) is 0. The van der Waals surface area contributed by atoms with E-state index in [1.165, 1.54) is 12.1 Å². The van der Waals surface area contributed by atoms with Gasteiger partial charge in [0.25, 0.3) is 11.5 Å². The highest BCUT2D eigenvalue weighted by molar-refractivity contribution is 6.31. The molecule has 0 spiro atoms. The summed E-state index contributed by atoms with van der Waals surface area (Å²) in [6, 6.07) is 17.3. The number of aromatic nitrogens is 2. The van der Waals surface area contributed by atoms with Crippen LogP contribution in [0.1, 0.15) is 10.5 Å². The maximum atomic E-state index is 13.4. The molecule has 4 aromatic rings. The Bertz CT molecular complexity index is 1320. The molecule has 0 radical (unpaired) electrons. The molecular formula is C22H15ClFN3O3. The molecule has 0 fully saturated rings. The molecule has 4 rings (SSSR count). The Morgan fingerprint density at radius 2 is 1.77 bits per heavy atom. The smallest absolute Gasteiger partial charge is 0.279 e. The third-order valence-electron chi connectivity index (χ3n) is 4.51. The van der Waals surface area contributed by atoms with Crippen LogP contribution in [-0.2, 0) is 0 Å². The molecule has 30 heavy (non-hydrogen) atoms. The van der Waals surface area contributed by atoms with E-state index in [1.807, 2.05) is 0 Å². The predicted octanol–water partition coefficient (Wildman–Crippen LogP) is 4.44. The highest BCUT2D eigenvalue weighted by Crippen LogP contribution is 2.22. The lowest BCUT2D eigenvalue weighted by Gasteiger charge is -2.12. The lowest BCUT2D eigenvalue weighted by atomic mass is 10.1. The second-order valence-electron chi connectivity index (χ2n) is 6.39. The van der Waals surface area contributed by atoms with Crippen molar-refractivity contribution in [2.75, 3.05) is 12.4 Å². The first-order valence-corrected chi connectivity index (χ1v) is 9.28. The van der Waals surface area contributed by atoms with E-state index in [0.717, 1.165) is 10.7 Å². The van der Waals surface area contributed by atoms with Crippen molar-refractivity contribution in [3.63, 3.8) is 0 Å². The molecule has 8 heteroatoms. The van der Waals surface area contributed by atoms with Gasteiger partial charge in [-0.15, -0.1) is 0 Å². The fraction of sp³-hybridized carbons (Fsp3) is 0.0455. The average Bonchev–Trinajstić information content (AvgIpc) is 2.77. The normalized spacial score (nSPS) is 10.8. The Hall–Kier alpha value is -3.71. The van der Waals surface area contributed by atoms with Crippen molar-refractivity contribution in [2.24, 2.45) is 0 Å². The molecule has 6 nitrogen and oxygen atoms in total. The van der Waals surface area contributed by atoms with Gasteiger partial charge in [0.2, 0.25) is 0 Å². The molecule has 0 unspecified atom stereocenters. The largest absolute Gasteiger partial charge is 0.497 e. The molecule has 150 valence electrons. The Labute approximate surface area is 175 Å². The zero-order valence-corrected chi connectivity index (χ0v) is 16.5. The number of nitrogens with one attached hydrogen (secondary N) is 1. The van der Waals surface area contributed by atoms with Crippen molar-refractivity contribution in [3.8, 4) is 11.4 Å². The van der Waals surface area contributed by atoms with Crippen LogP contribution in [0, 0.1) is 5.82 Å². The van der Waals surface area contributed by atoms with Crippen LogP contribution < -0.4 is 15.6 Å². The van der Waals surface area contributed by atoms with Gasteiger partial charge in [0.05, 0.1) is 23.2 Å². The van der Waals surface area contributed by atoms with Crippen molar-refractivity contribution in [3.05, 3.63) is 93.6 Å². The van der Waals surface area contributed by atoms with E-state index in [1.54, 1.807) is 55.6 Å². The summed E-state index contributed by atoms with van der Waals surface area (Å²) in [4.78, 5) is 26.0. The highest BCUT2D eigenvalue weighted by atomic mass is 35.5. The summed E-state index contributed by atoms with van der Waals surface area (Å²) >= 11 is 5.79. The van der Waals surface area contributed by atoms with Crippen LogP contribution in [0.2, 0.25) is 5.02 Å². The topological polar surface area (TPSA) is 73.2 Å². The van der Waals surface area contributed by atoms with Gasteiger partial charge in [-0.2, -0.15) is 9.78 Å². The first-order valence-electron chi connectivity index (χ1n) is 8.91. The van der Waals surface area contributed by atoms with Crippen LogP contribution in [0.3, 0.4) is 0 Å². The standard InChI is InChI=1S/C22H15ClFN3O3/c1-30-15-9-7-14(8-10-15)27-22(29)17-5-3-2-4-16(17)20(26-27)21(28)25-13-6-11-19(24)18(23)12-13/h2-12H,1H3,(H,25,28). The number of carbonyl (C=O) groups excluding carboxylic acids is 1. The molecule has 0 aliphatic heterocycles. The molecule has 0 bridgehead atoms. The predicted molar refractivity (Wildman–Crippen MR) is 113 cm³/mol. The minimum Gasteiger partial charge on any atom is -0.497 e. The Balaban J connectivity index is 1.83. The first kappa shape index (κ1) is 19.6. The van der Waals surface area contributed by atoms with Crippen LogP contribution in [0.15, 0.2) is 71.5 Å². The maximum absolute atomic E-state index is 13.4. The molecule has 1 heterocycles. The minimum atomic E-state index is -0.591. The lowest BCUT2D eigenvalue weighted by Crippen LogP contribution is -2.26. The van der Waals surface area contributed by atoms with Gasteiger partial charge in [-0.05, 0) is 48.5 Å². The molecule has 0 saturated heterocycles. The van der Waals surface area contributed by atoms with Gasteiger partial charge < -0.3 is 10.1 Å². The van der Waals surface area contributed by atoms with Crippen LogP contribution in [0.5, 0.6) is 5.75 Å². The summed E-state index contributed by atoms with van der Waals surface area (Å²) in [5.41, 5.74) is 0.462. The van der Waals surface area contributed by atoms with E-state index in [4.69, 9.17) is 16.3 Å². The Kier molecular flexibility index (Phi) is 5.20. The number of fused-ring (bicyclic) bond motifs is 1. The summed E-state index contributed by atoms with van der Waals surface area (Å²) in [5.74, 6) is -0.527. The van der Waals surface area contributed by atoms with Crippen molar-refractivity contribution in [2.45, 2.75) is 0 Å². The number of amides is 1. The second-order valence-corrected chi connectivity index (χ2v) is 6.80. The summed E-state index contributed by atoms with van der Waals surface area (Å²) < 4.78 is 19.7. The van der Waals surface area contributed by atoms with Gasteiger partial charge in [0.15, 0.2) is 5.69 Å². The van der Waals surface area contributed by atoms with Gasteiger partial charge in [-0.3, -0.25) is 9.59 Å². The van der Waals surface area contributed by atoms with E-state index in [2.05, 4.69) is 10.4 Å². The molecule has 0 aliphatic carbocycles. The number of hydrogen-bond donors (Lipinski definition) is 1. The number of anilines is 1. The van der Waals surface area contributed by atoms with Crippen LogP contribution >= 0.6 is 11.6 Å². The number of hydrogen-bond acceptors (Lipinski definition) is 4. The number of rotatable bonds is 4.